The number of para-hydroxylation sites is 1. The van der Waals surface area contributed by atoms with Crippen LogP contribution in [0.5, 0.6) is 0 Å². The first-order valence-corrected chi connectivity index (χ1v) is 13.7. The minimum absolute atomic E-state index is 0.151. The molecule has 0 saturated carbocycles. The molecule has 0 bridgehead atoms. The molecule has 3 aromatic carbocycles. The van der Waals surface area contributed by atoms with E-state index in [4.69, 9.17) is 9.90 Å². The zero-order chi connectivity index (χ0) is 32.0. The van der Waals surface area contributed by atoms with Crippen LogP contribution in [0.4, 0.5) is 38.1 Å². The van der Waals surface area contributed by atoms with Crippen LogP contribution in [0.1, 0.15) is 16.7 Å². The number of carboxylic acids is 1. The molecule has 0 aliphatic carbocycles. The highest BCUT2D eigenvalue weighted by Crippen LogP contribution is 2.34. The van der Waals surface area contributed by atoms with Gasteiger partial charge < -0.3 is 15.3 Å². The third-order valence-corrected chi connectivity index (χ3v) is 7.13. The van der Waals surface area contributed by atoms with E-state index in [0.717, 1.165) is 40.5 Å². The van der Waals surface area contributed by atoms with E-state index in [-0.39, 0.29) is 6.54 Å². The van der Waals surface area contributed by atoms with Crippen LogP contribution in [0.3, 0.4) is 0 Å². The number of alkyl halides is 6. The van der Waals surface area contributed by atoms with Crippen LogP contribution in [-0.2, 0) is 34.1 Å². The number of halogens is 6. The number of hydrogen-bond donors (Lipinski definition) is 3. The van der Waals surface area contributed by atoms with Crippen molar-refractivity contribution in [3.05, 3.63) is 89.5 Å². The number of sulfonamides is 1. The van der Waals surface area contributed by atoms with E-state index in [0.29, 0.717) is 18.1 Å². The van der Waals surface area contributed by atoms with E-state index < -0.39 is 38.8 Å². The molecule has 43 heavy (non-hydrogen) atoms. The van der Waals surface area contributed by atoms with Gasteiger partial charge in [0.15, 0.2) is 0 Å². The van der Waals surface area contributed by atoms with Gasteiger partial charge >= 0.3 is 18.3 Å². The van der Waals surface area contributed by atoms with Gasteiger partial charge in [0.25, 0.3) is 0 Å². The topological polar surface area (TPSA) is 125 Å². The lowest BCUT2D eigenvalue weighted by atomic mass is 10.1. The number of carbonyl (C=O) groups is 1. The quantitative estimate of drug-likeness (QED) is 0.220. The van der Waals surface area contributed by atoms with Crippen molar-refractivity contribution < 1.29 is 44.7 Å². The molecule has 16 heteroatoms. The van der Waals surface area contributed by atoms with Crippen LogP contribution in [0.25, 0.3) is 10.9 Å². The van der Waals surface area contributed by atoms with E-state index in [9.17, 15) is 34.8 Å². The summed E-state index contributed by atoms with van der Waals surface area (Å²) in [5, 5.41) is 11.3. The van der Waals surface area contributed by atoms with Crippen LogP contribution in [0.2, 0.25) is 0 Å². The molecule has 0 spiro atoms. The number of rotatable bonds is 8. The Labute approximate surface area is 242 Å². The smallest absolute Gasteiger partial charge is 0.475 e. The highest BCUT2D eigenvalue weighted by Gasteiger charge is 2.38. The molecule has 0 atom stereocenters. The first-order chi connectivity index (χ1) is 20.0. The van der Waals surface area contributed by atoms with E-state index >= 15 is 0 Å². The number of nitrogens with zero attached hydrogens (tertiary/aromatic N) is 3. The Hall–Kier alpha value is -4.44. The summed E-state index contributed by atoms with van der Waals surface area (Å²) in [5.41, 5.74) is 1.11. The van der Waals surface area contributed by atoms with Gasteiger partial charge in [-0.05, 0) is 35.4 Å². The third kappa shape index (κ3) is 9.02. The number of carboxylic acid groups (broad SMARTS) is 1. The number of benzene rings is 3. The highest BCUT2D eigenvalue weighted by atomic mass is 32.2. The molecular formula is C27H25F6N5O4S. The molecule has 0 aliphatic heterocycles. The largest absolute Gasteiger partial charge is 0.490 e. The summed E-state index contributed by atoms with van der Waals surface area (Å²) in [6, 6.07) is 18.8. The maximum atomic E-state index is 13.2. The summed E-state index contributed by atoms with van der Waals surface area (Å²) in [5.74, 6) is -1.50. The molecule has 0 unspecified atom stereocenters. The molecule has 1 aromatic heterocycles. The van der Waals surface area contributed by atoms with Crippen LogP contribution in [-0.4, -0.2) is 49.7 Å². The summed E-state index contributed by atoms with van der Waals surface area (Å²) >= 11 is 0. The zero-order valence-electron chi connectivity index (χ0n) is 22.5. The second-order valence-corrected chi connectivity index (χ2v) is 10.8. The van der Waals surface area contributed by atoms with Crippen molar-refractivity contribution in [2.75, 3.05) is 24.3 Å². The first kappa shape index (κ1) is 33.1. The Kier molecular flexibility index (Phi) is 10.2. The molecule has 1 heterocycles. The van der Waals surface area contributed by atoms with Crippen LogP contribution in [0, 0.1) is 0 Å². The molecule has 4 aromatic rings. The standard InChI is InChI=1S/C25H24F3N5O2S.C2HF3O2/c1-33(2)23-19-7-3-5-9-21(19)31-24(32-23)29-15-17-11-13-18(14-12-17)16-30-36(34,35)22-10-6-4-8-20(22)25(26,27)28;3-2(4,5)1(6)7/h3-14,30H,15-16H2,1-2H3,(H,29,31,32);(H,6,7). The van der Waals surface area contributed by atoms with E-state index in [1.807, 2.05) is 43.3 Å². The number of aliphatic carboxylic acids is 1. The molecule has 0 saturated heterocycles. The van der Waals surface area contributed by atoms with E-state index in [1.54, 1.807) is 24.3 Å². The first-order valence-electron chi connectivity index (χ1n) is 12.2. The van der Waals surface area contributed by atoms with Gasteiger partial charge in [0.1, 0.15) is 5.82 Å². The Balaban J connectivity index is 0.000000646. The number of fused-ring (bicyclic) bond motifs is 1. The fourth-order valence-corrected chi connectivity index (χ4v) is 4.87. The van der Waals surface area contributed by atoms with Gasteiger partial charge in [0.05, 0.1) is 16.0 Å². The van der Waals surface area contributed by atoms with Crippen molar-refractivity contribution in [2.45, 2.75) is 30.3 Å². The zero-order valence-corrected chi connectivity index (χ0v) is 23.3. The molecule has 0 fully saturated rings. The van der Waals surface area contributed by atoms with Crippen LogP contribution < -0.4 is 14.9 Å². The van der Waals surface area contributed by atoms with Gasteiger partial charge in [-0.2, -0.15) is 31.3 Å². The van der Waals surface area contributed by atoms with Gasteiger partial charge in [-0.25, -0.2) is 22.9 Å². The average Bonchev–Trinajstić information content (AvgIpc) is 2.94. The lowest BCUT2D eigenvalue weighted by Gasteiger charge is -2.16. The minimum Gasteiger partial charge on any atom is -0.475 e. The predicted octanol–water partition coefficient (Wildman–Crippen LogP) is 5.44. The van der Waals surface area contributed by atoms with E-state index in [1.165, 1.54) is 6.07 Å². The number of aromatic nitrogens is 2. The van der Waals surface area contributed by atoms with E-state index in [2.05, 4.69) is 20.0 Å². The fourth-order valence-electron chi connectivity index (χ4n) is 3.63. The average molecular weight is 630 g/mol. The summed E-state index contributed by atoms with van der Waals surface area (Å²) in [6.45, 7) is 0.276. The molecule has 3 N–H and O–H groups in total. The molecule has 9 nitrogen and oxygen atoms in total. The highest BCUT2D eigenvalue weighted by molar-refractivity contribution is 7.89. The Bertz CT molecular complexity index is 1680. The molecule has 230 valence electrons. The number of anilines is 2. The maximum absolute atomic E-state index is 13.2. The summed E-state index contributed by atoms with van der Waals surface area (Å²) < 4.78 is 98.7. The number of hydrogen-bond acceptors (Lipinski definition) is 7. The normalized spacial score (nSPS) is 11.9. The molecule has 0 aliphatic rings. The fraction of sp³-hybridized carbons (Fsp3) is 0.222. The van der Waals surface area contributed by atoms with Crippen molar-refractivity contribution in [3.8, 4) is 0 Å². The monoisotopic (exact) mass is 629 g/mol. The SMILES string of the molecule is CN(C)c1nc(NCc2ccc(CNS(=O)(=O)c3ccccc3C(F)(F)F)cc2)nc2ccccc12.O=C(O)C(F)(F)F. The summed E-state index contributed by atoms with van der Waals surface area (Å²) in [6.07, 6.45) is -9.86. The molecule has 0 radical (unpaired) electrons. The van der Waals surface area contributed by atoms with Crippen molar-refractivity contribution in [3.63, 3.8) is 0 Å². The summed E-state index contributed by atoms with van der Waals surface area (Å²) in [7, 11) is -0.541. The number of nitrogens with one attached hydrogen (secondary N) is 2. The van der Waals surface area contributed by atoms with Gasteiger partial charge in [0.2, 0.25) is 16.0 Å². The lowest BCUT2D eigenvalue weighted by Crippen LogP contribution is -2.26. The minimum atomic E-state index is -5.08. The van der Waals surface area contributed by atoms with Crippen LogP contribution in [0.15, 0.2) is 77.7 Å². The summed E-state index contributed by atoms with van der Waals surface area (Å²) in [4.78, 5) is 19.2. The van der Waals surface area contributed by atoms with Crippen molar-refractivity contribution >= 4 is 38.7 Å². The van der Waals surface area contributed by atoms with Gasteiger partial charge in [-0.1, -0.05) is 48.5 Å². The van der Waals surface area contributed by atoms with Gasteiger partial charge in [-0.3, -0.25) is 0 Å². The van der Waals surface area contributed by atoms with Crippen molar-refractivity contribution in [1.82, 2.24) is 14.7 Å². The van der Waals surface area contributed by atoms with Gasteiger partial charge in [0, 0.05) is 32.6 Å². The Morgan fingerprint density at radius 3 is 1.93 bits per heavy atom. The second-order valence-electron chi connectivity index (χ2n) is 9.07. The van der Waals surface area contributed by atoms with Gasteiger partial charge in [-0.15, -0.1) is 0 Å². The second kappa shape index (κ2) is 13.2. The van der Waals surface area contributed by atoms with Crippen LogP contribution >= 0.6 is 0 Å². The molecular weight excluding hydrogens is 604 g/mol. The predicted molar refractivity (Wildman–Crippen MR) is 147 cm³/mol. The van der Waals surface area contributed by atoms with Crippen molar-refractivity contribution in [1.29, 1.82) is 0 Å². The Morgan fingerprint density at radius 2 is 1.37 bits per heavy atom. The molecule has 0 amide bonds. The third-order valence-electron chi connectivity index (χ3n) is 5.67. The van der Waals surface area contributed by atoms with Crippen molar-refractivity contribution in [2.24, 2.45) is 0 Å². The molecule has 4 rings (SSSR count). The lowest BCUT2D eigenvalue weighted by molar-refractivity contribution is -0.192. The Morgan fingerprint density at radius 1 is 0.837 bits per heavy atom. The maximum Gasteiger partial charge on any atom is 0.490 e.